The first-order chi connectivity index (χ1) is 4.38. The molecule has 2 saturated heterocycles. The lowest BCUT2D eigenvalue weighted by atomic mass is 10.0. The number of hydrogen-bond acceptors (Lipinski definition) is 3. The first-order valence-electron chi connectivity index (χ1n) is 3.25. The predicted octanol–water partition coefficient (Wildman–Crippen LogP) is -0.621. The number of carbonyl (C=O) groups is 1. The SMILES string of the molecule is O=C1OC[C@H]2CNC[C@@H]12. The molecule has 0 bridgehead atoms. The van der Waals surface area contributed by atoms with E-state index in [1.807, 2.05) is 0 Å². The van der Waals surface area contributed by atoms with Gasteiger partial charge in [0.1, 0.15) is 0 Å². The molecule has 0 saturated carbocycles. The summed E-state index contributed by atoms with van der Waals surface area (Å²) in [5, 5.41) is 3.15. The van der Waals surface area contributed by atoms with Gasteiger partial charge < -0.3 is 10.1 Å². The second-order valence-electron chi connectivity index (χ2n) is 2.65. The molecule has 2 atom stereocenters. The fourth-order valence-corrected chi connectivity index (χ4v) is 1.48. The molecule has 0 aromatic carbocycles. The molecule has 2 heterocycles. The van der Waals surface area contributed by atoms with Crippen LogP contribution in [0.5, 0.6) is 0 Å². The number of hydrogen-bond donors (Lipinski definition) is 1. The maximum absolute atomic E-state index is 10.8. The summed E-state index contributed by atoms with van der Waals surface area (Å²) in [5.74, 6) is 0.632. The van der Waals surface area contributed by atoms with Crippen LogP contribution in [0.15, 0.2) is 0 Å². The average Bonchev–Trinajstić information content (AvgIpc) is 2.35. The lowest BCUT2D eigenvalue weighted by molar-refractivity contribution is -0.141. The molecule has 0 aromatic rings. The summed E-state index contributed by atoms with van der Waals surface area (Å²) in [6, 6.07) is 0. The zero-order valence-electron chi connectivity index (χ0n) is 5.09. The number of ether oxygens (including phenoxy) is 1. The molecule has 50 valence electrons. The lowest BCUT2D eigenvalue weighted by Crippen LogP contribution is -2.15. The molecule has 0 amide bonds. The van der Waals surface area contributed by atoms with Gasteiger partial charge in [0.05, 0.1) is 12.5 Å². The Kier molecular flexibility index (Phi) is 0.990. The molecule has 0 unspecified atom stereocenters. The molecule has 0 spiro atoms. The molecule has 9 heavy (non-hydrogen) atoms. The van der Waals surface area contributed by atoms with E-state index in [1.54, 1.807) is 0 Å². The highest BCUT2D eigenvalue weighted by atomic mass is 16.5. The van der Waals surface area contributed by atoms with Gasteiger partial charge >= 0.3 is 5.97 Å². The third-order valence-corrected chi connectivity index (χ3v) is 2.08. The van der Waals surface area contributed by atoms with Crippen LogP contribution in [0.4, 0.5) is 0 Å². The van der Waals surface area contributed by atoms with Gasteiger partial charge in [-0.3, -0.25) is 4.79 Å². The van der Waals surface area contributed by atoms with Gasteiger partial charge in [-0.15, -0.1) is 0 Å². The van der Waals surface area contributed by atoms with Crippen molar-refractivity contribution in [3.05, 3.63) is 0 Å². The van der Waals surface area contributed by atoms with Crippen molar-refractivity contribution in [1.29, 1.82) is 0 Å². The summed E-state index contributed by atoms with van der Waals surface area (Å²) in [4.78, 5) is 10.8. The Morgan fingerprint density at radius 3 is 3.22 bits per heavy atom. The highest BCUT2D eigenvalue weighted by Crippen LogP contribution is 2.24. The number of esters is 1. The minimum absolute atomic E-state index is 0.00926. The van der Waals surface area contributed by atoms with Gasteiger partial charge in [0.2, 0.25) is 0 Å². The molecule has 0 aliphatic carbocycles. The van der Waals surface area contributed by atoms with Crippen molar-refractivity contribution < 1.29 is 9.53 Å². The highest BCUT2D eigenvalue weighted by molar-refractivity contribution is 5.75. The van der Waals surface area contributed by atoms with Crippen molar-refractivity contribution in [2.24, 2.45) is 11.8 Å². The quantitative estimate of drug-likeness (QED) is 0.441. The maximum Gasteiger partial charge on any atom is 0.310 e. The molecular weight excluding hydrogens is 118 g/mol. The molecule has 2 aliphatic rings. The van der Waals surface area contributed by atoms with Crippen LogP contribution in [0.25, 0.3) is 0 Å². The number of carbonyl (C=O) groups excluding carboxylic acids is 1. The standard InChI is InChI=1S/C6H9NO2/c8-6-5-2-7-1-4(5)3-9-6/h4-5,7H,1-3H2/t4-,5-/m1/s1. The van der Waals surface area contributed by atoms with Crippen LogP contribution >= 0.6 is 0 Å². The predicted molar refractivity (Wildman–Crippen MR) is 30.8 cm³/mol. The van der Waals surface area contributed by atoms with E-state index in [9.17, 15) is 4.79 Å². The van der Waals surface area contributed by atoms with Gasteiger partial charge in [-0.25, -0.2) is 0 Å². The van der Waals surface area contributed by atoms with Crippen molar-refractivity contribution in [2.75, 3.05) is 19.7 Å². The normalized spacial score (nSPS) is 40.7. The van der Waals surface area contributed by atoms with Crippen molar-refractivity contribution in [2.45, 2.75) is 0 Å². The van der Waals surface area contributed by atoms with Crippen LogP contribution in [0.1, 0.15) is 0 Å². The lowest BCUT2D eigenvalue weighted by Gasteiger charge is -1.96. The summed E-state index contributed by atoms with van der Waals surface area (Å²) >= 11 is 0. The minimum Gasteiger partial charge on any atom is -0.465 e. The van der Waals surface area contributed by atoms with Crippen molar-refractivity contribution in [3.63, 3.8) is 0 Å². The highest BCUT2D eigenvalue weighted by Gasteiger charge is 2.39. The molecule has 3 heteroatoms. The maximum atomic E-state index is 10.8. The fraction of sp³-hybridized carbons (Fsp3) is 0.833. The van der Waals surface area contributed by atoms with E-state index in [0.29, 0.717) is 12.5 Å². The Hall–Kier alpha value is -0.570. The average molecular weight is 127 g/mol. The van der Waals surface area contributed by atoms with Gasteiger partial charge in [0, 0.05) is 19.0 Å². The van der Waals surface area contributed by atoms with E-state index in [0.717, 1.165) is 13.1 Å². The van der Waals surface area contributed by atoms with Crippen LogP contribution in [0, 0.1) is 11.8 Å². The van der Waals surface area contributed by atoms with Gasteiger partial charge in [0.15, 0.2) is 0 Å². The third-order valence-electron chi connectivity index (χ3n) is 2.08. The van der Waals surface area contributed by atoms with Crippen LogP contribution in [0.3, 0.4) is 0 Å². The number of cyclic esters (lactones) is 1. The molecule has 1 N–H and O–H groups in total. The second-order valence-corrected chi connectivity index (χ2v) is 2.65. The van der Waals surface area contributed by atoms with Crippen molar-refractivity contribution in [1.82, 2.24) is 5.32 Å². The first-order valence-corrected chi connectivity index (χ1v) is 3.25. The Bertz CT molecular complexity index is 146. The topological polar surface area (TPSA) is 38.3 Å². The second kappa shape index (κ2) is 1.70. The van der Waals surface area contributed by atoms with E-state index in [2.05, 4.69) is 5.32 Å². The van der Waals surface area contributed by atoms with Crippen molar-refractivity contribution >= 4 is 5.97 Å². The summed E-state index contributed by atoms with van der Waals surface area (Å²) in [6.07, 6.45) is 0. The zero-order chi connectivity index (χ0) is 6.27. The van der Waals surface area contributed by atoms with E-state index < -0.39 is 0 Å². The molecule has 2 rings (SSSR count). The van der Waals surface area contributed by atoms with Crippen LogP contribution < -0.4 is 5.32 Å². The van der Waals surface area contributed by atoms with E-state index in [4.69, 9.17) is 4.74 Å². The van der Waals surface area contributed by atoms with Gasteiger partial charge in [-0.05, 0) is 0 Å². The van der Waals surface area contributed by atoms with Crippen LogP contribution in [-0.4, -0.2) is 25.7 Å². The summed E-state index contributed by atoms with van der Waals surface area (Å²) < 4.78 is 4.84. The smallest absolute Gasteiger partial charge is 0.310 e. The summed E-state index contributed by atoms with van der Waals surface area (Å²) in [6.45, 7) is 2.41. The molecule has 2 aliphatic heterocycles. The Balaban J connectivity index is 2.15. The Labute approximate surface area is 53.4 Å². The molecule has 0 aromatic heterocycles. The van der Waals surface area contributed by atoms with E-state index in [-0.39, 0.29) is 11.9 Å². The van der Waals surface area contributed by atoms with Gasteiger partial charge in [0.25, 0.3) is 0 Å². The summed E-state index contributed by atoms with van der Waals surface area (Å²) in [7, 11) is 0. The number of rotatable bonds is 0. The van der Waals surface area contributed by atoms with Gasteiger partial charge in [-0.2, -0.15) is 0 Å². The van der Waals surface area contributed by atoms with E-state index >= 15 is 0 Å². The molecule has 0 radical (unpaired) electrons. The van der Waals surface area contributed by atoms with Crippen LogP contribution in [-0.2, 0) is 9.53 Å². The molecule has 3 nitrogen and oxygen atoms in total. The zero-order valence-corrected chi connectivity index (χ0v) is 5.09. The molecule has 2 fully saturated rings. The monoisotopic (exact) mass is 127 g/mol. The Morgan fingerprint density at radius 2 is 2.44 bits per heavy atom. The largest absolute Gasteiger partial charge is 0.465 e. The van der Waals surface area contributed by atoms with Crippen LogP contribution in [0.2, 0.25) is 0 Å². The fourth-order valence-electron chi connectivity index (χ4n) is 1.48. The van der Waals surface area contributed by atoms with Crippen molar-refractivity contribution in [3.8, 4) is 0 Å². The number of nitrogens with one attached hydrogen (secondary N) is 1. The first kappa shape index (κ1) is 5.23. The minimum atomic E-state index is -0.00926. The van der Waals surface area contributed by atoms with E-state index in [1.165, 1.54) is 0 Å². The molecular formula is C6H9NO2. The summed E-state index contributed by atoms with van der Waals surface area (Å²) in [5.41, 5.74) is 0. The Morgan fingerprint density at radius 1 is 1.56 bits per heavy atom. The van der Waals surface area contributed by atoms with Gasteiger partial charge in [-0.1, -0.05) is 0 Å². The number of fused-ring (bicyclic) bond motifs is 1. The third kappa shape index (κ3) is 0.645.